The second-order valence-electron chi connectivity index (χ2n) is 6.13. The van der Waals surface area contributed by atoms with Crippen LogP contribution in [-0.4, -0.2) is 14.1 Å². The lowest BCUT2D eigenvalue weighted by atomic mass is 10.0. The molecule has 0 atom stereocenters. The average Bonchev–Trinajstić information content (AvgIpc) is 2.60. The quantitative estimate of drug-likeness (QED) is 0.538. The first-order chi connectivity index (χ1) is 12.6. The van der Waals surface area contributed by atoms with E-state index < -0.39 is 10.2 Å². The summed E-state index contributed by atoms with van der Waals surface area (Å²) in [4.78, 5) is 2.10. The van der Waals surface area contributed by atoms with Crippen LogP contribution >= 0.6 is 0 Å². The third-order valence-electron chi connectivity index (χ3n) is 4.12. The van der Waals surface area contributed by atoms with Gasteiger partial charge >= 0.3 is 0 Å². The lowest BCUT2D eigenvalue weighted by molar-refractivity contribution is -2.00. The van der Waals surface area contributed by atoms with Crippen LogP contribution in [0.4, 0.5) is 5.69 Å². The highest BCUT2D eigenvalue weighted by molar-refractivity contribution is 5.80. The van der Waals surface area contributed by atoms with Crippen molar-refractivity contribution in [2.24, 2.45) is 7.05 Å². The standard InChI is InChI=1S/C20H21N2.ClHO4/c1-15(16-9-12-18(13-10-16)21(2)3)19-14-11-17-7-5-6-8-20(17)22(19)4;2-1(3,4)5/h5-14H,1H2,2-4H3;(H,2,3,4,5)/q+1;/p-1. The normalized spacial score (nSPS) is 10.9. The maximum atomic E-state index is 8.49. The van der Waals surface area contributed by atoms with Crippen molar-refractivity contribution in [3.63, 3.8) is 0 Å². The summed E-state index contributed by atoms with van der Waals surface area (Å²) >= 11 is 0. The second-order valence-corrected chi connectivity index (χ2v) is 6.89. The first-order valence-electron chi connectivity index (χ1n) is 8.04. The first-order valence-corrected chi connectivity index (χ1v) is 9.28. The van der Waals surface area contributed by atoms with Gasteiger partial charge in [-0.3, -0.25) is 0 Å². The van der Waals surface area contributed by atoms with Gasteiger partial charge in [0.25, 0.3) is 0 Å². The molecule has 0 unspecified atom stereocenters. The summed E-state index contributed by atoms with van der Waals surface area (Å²) in [6.45, 7) is 4.30. The number of hydrogen-bond acceptors (Lipinski definition) is 5. The van der Waals surface area contributed by atoms with E-state index in [1.165, 1.54) is 16.6 Å². The first kappa shape index (κ1) is 20.8. The monoisotopic (exact) mass is 388 g/mol. The SMILES string of the molecule is C=C(c1ccc(N(C)C)cc1)c1ccc2ccccc2[n+]1C.[O-][Cl+3]([O-])([O-])[O-]. The van der Waals surface area contributed by atoms with E-state index in [1.807, 2.05) is 14.1 Å². The minimum Gasteiger partial charge on any atom is -0.378 e. The van der Waals surface area contributed by atoms with Crippen LogP contribution in [-0.2, 0) is 7.05 Å². The van der Waals surface area contributed by atoms with Gasteiger partial charge in [0.1, 0.15) is 7.05 Å². The van der Waals surface area contributed by atoms with Gasteiger partial charge in [-0.25, -0.2) is 18.6 Å². The van der Waals surface area contributed by atoms with Crippen LogP contribution < -0.4 is 28.1 Å². The molecular weight excluding hydrogens is 368 g/mol. The maximum Gasteiger partial charge on any atom is 0.212 e. The van der Waals surface area contributed by atoms with Gasteiger partial charge in [0.05, 0.1) is 0 Å². The minimum atomic E-state index is -4.94. The van der Waals surface area contributed by atoms with Crippen molar-refractivity contribution in [1.82, 2.24) is 0 Å². The van der Waals surface area contributed by atoms with Gasteiger partial charge < -0.3 is 4.90 Å². The van der Waals surface area contributed by atoms with Crippen LogP contribution in [0, 0.1) is 10.2 Å². The smallest absolute Gasteiger partial charge is 0.212 e. The highest BCUT2D eigenvalue weighted by Crippen LogP contribution is 2.23. The van der Waals surface area contributed by atoms with Gasteiger partial charge in [-0.15, -0.1) is 10.2 Å². The Balaban J connectivity index is 0.000000465. The van der Waals surface area contributed by atoms with Gasteiger partial charge in [-0.1, -0.05) is 30.8 Å². The van der Waals surface area contributed by atoms with E-state index in [0.717, 1.165) is 16.8 Å². The molecule has 0 radical (unpaired) electrons. The van der Waals surface area contributed by atoms with Crippen molar-refractivity contribution in [3.05, 3.63) is 78.5 Å². The number of nitrogens with zero attached hydrogens (tertiary/aromatic N) is 2. The number of para-hydroxylation sites is 1. The summed E-state index contributed by atoms with van der Waals surface area (Å²) in [5.74, 6) is 0. The predicted octanol–water partition coefficient (Wildman–Crippen LogP) is -0.964. The molecule has 0 aliphatic rings. The molecule has 0 fully saturated rings. The molecule has 0 saturated heterocycles. The molecule has 0 amide bonds. The van der Waals surface area contributed by atoms with E-state index in [4.69, 9.17) is 18.6 Å². The van der Waals surface area contributed by atoms with Gasteiger partial charge in [0.2, 0.25) is 11.2 Å². The van der Waals surface area contributed by atoms with E-state index >= 15 is 0 Å². The van der Waals surface area contributed by atoms with Crippen molar-refractivity contribution < 1.29 is 33.4 Å². The Morgan fingerprint density at radius 3 is 2.00 bits per heavy atom. The van der Waals surface area contributed by atoms with Gasteiger partial charge in [0.15, 0.2) is 0 Å². The Kier molecular flexibility index (Phi) is 6.54. The van der Waals surface area contributed by atoms with E-state index in [9.17, 15) is 0 Å². The van der Waals surface area contributed by atoms with Gasteiger partial charge in [-0.05, 0) is 29.8 Å². The van der Waals surface area contributed by atoms with Crippen LogP contribution in [0.5, 0.6) is 0 Å². The summed E-state index contributed by atoms with van der Waals surface area (Å²) in [6.07, 6.45) is 0. The topological polar surface area (TPSA) is 99.4 Å². The van der Waals surface area contributed by atoms with E-state index in [-0.39, 0.29) is 0 Å². The number of pyridine rings is 1. The van der Waals surface area contributed by atoms with Crippen LogP contribution in [0.15, 0.2) is 67.2 Å². The molecule has 27 heavy (non-hydrogen) atoms. The molecule has 3 rings (SSSR count). The van der Waals surface area contributed by atoms with Gasteiger partial charge in [0, 0.05) is 42.9 Å². The zero-order valence-corrected chi connectivity index (χ0v) is 16.1. The molecule has 142 valence electrons. The molecule has 7 heteroatoms. The lowest BCUT2D eigenvalue weighted by Crippen LogP contribution is -2.68. The zero-order chi connectivity index (χ0) is 20.2. The number of aryl methyl sites for hydroxylation is 1. The molecule has 3 aromatic rings. The van der Waals surface area contributed by atoms with Crippen molar-refractivity contribution in [2.45, 2.75) is 0 Å². The molecule has 0 N–H and O–H groups in total. The summed E-state index contributed by atoms with van der Waals surface area (Å²) in [6, 6.07) is 21.2. The van der Waals surface area contributed by atoms with E-state index in [0.29, 0.717) is 0 Å². The van der Waals surface area contributed by atoms with Crippen molar-refractivity contribution >= 4 is 22.2 Å². The van der Waals surface area contributed by atoms with Crippen molar-refractivity contribution in [1.29, 1.82) is 0 Å². The number of fused-ring (bicyclic) bond motifs is 1. The van der Waals surface area contributed by atoms with Crippen LogP contribution in [0.25, 0.3) is 16.5 Å². The van der Waals surface area contributed by atoms with Gasteiger partial charge in [-0.2, -0.15) is 4.57 Å². The number of rotatable bonds is 3. The average molecular weight is 389 g/mol. The van der Waals surface area contributed by atoms with Crippen LogP contribution in [0.1, 0.15) is 11.3 Å². The van der Waals surface area contributed by atoms with E-state index in [2.05, 4.69) is 83.8 Å². The fourth-order valence-corrected chi connectivity index (χ4v) is 2.76. The molecular formula is C20H21ClN2O4. The number of hydrogen-bond donors (Lipinski definition) is 0. The van der Waals surface area contributed by atoms with Crippen molar-refractivity contribution in [2.75, 3.05) is 19.0 Å². The molecule has 0 bridgehead atoms. The highest BCUT2D eigenvalue weighted by atomic mass is 35.7. The molecule has 1 aromatic heterocycles. The highest BCUT2D eigenvalue weighted by Gasteiger charge is 2.15. The van der Waals surface area contributed by atoms with E-state index in [1.54, 1.807) is 0 Å². The minimum absolute atomic E-state index is 1.04. The summed E-state index contributed by atoms with van der Waals surface area (Å²) in [5.41, 5.74) is 5.73. The summed E-state index contributed by atoms with van der Waals surface area (Å²) in [7, 11) is 1.25. The Hall–Kier alpha value is -2.48. The maximum absolute atomic E-state index is 8.49. The number of anilines is 1. The Morgan fingerprint density at radius 1 is 0.889 bits per heavy atom. The lowest BCUT2D eigenvalue weighted by Gasteiger charge is -2.17. The number of halogens is 1. The Labute approximate surface area is 160 Å². The molecule has 0 saturated carbocycles. The predicted molar refractivity (Wildman–Crippen MR) is 94.0 cm³/mol. The molecule has 2 aromatic carbocycles. The summed E-state index contributed by atoms with van der Waals surface area (Å²) < 4.78 is 36.2. The second kappa shape index (κ2) is 8.47. The molecule has 1 heterocycles. The van der Waals surface area contributed by atoms with Crippen molar-refractivity contribution in [3.8, 4) is 0 Å². The Morgan fingerprint density at radius 2 is 1.44 bits per heavy atom. The Bertz CT molecular complexity index is 929. The number of benzene rings is 2. The largest absolute Gasteiger partial charge is 0.378 e. The summed E-state index contributed by atoms with van der Waals surface area (Å²) in [5, 5.41) is 1.24. The number of aromatic nitrogens is 1. The van der Waals surface area contributed by atoms with Crippen LogP contribution in [0.2, 0.25) is 0 Å². The zero-order valence-electron chi connectivity index (χ0n) is 15.4. The molecule has 0 aliphatic heterocycles. The molecule has 0 spiro atoms. The fourth-order valence-electron chi connectivity index (χ4n) is 2.76. The fraction of sp³-hybridized carbons (Fsp3) is 0.150. The molecule has 6 nitrogen and oxygen atoms in total. The van der Waals surface area contributed by atoms with Crippen LogP contribution in [0.3, 0.4) is 0 Å². The third kappa shape index (κ3) is 5.75. The third-order valence-corrected chi connectivity index (χ3v) is 4.12. The molecule has 0 aliphatic carbocycles.